The van der Waals surface area contributed by atoms with Gasteiger partial charge in [-0.1, -0.05) is 13.8 Å². The molecular weight excluding hydrogens is 184 g/mol. The van der Waals surface area contributed by atoms with Gasteiger partial charge in [0.05, 0.1) is 0 Å². The lowest BCUT2D eigenvalue weighted by Crippen LogP contribution is -2.48. The van der Waals surface area contributed by atoms with E-state index in [1.165, 1.54) is 0 Å². The fraction of sp³-hybridized carbons (Fsp3) is 0.778. The molecule has 0 unspecified atom stereocenters. The number of nitrogens with one attached hydrogen (secondary N) is 1. The lowest BCUT2D eigenvalue weighted by molar-refractivity contribution is -0.131. The minimum absolute atomic E-state index is 0.0157. The van der Waals surface area contributed by atoms with Gasteiger partial charge in [0, 0.05) is 6.61 Å². The first-order chi connectivity index (χ1) is 6.49. The monoisotopic (exact) mass is 202 g/mol. The summed E-state index contributed by atoms with van der Waals surface area (Å²) in [5.41, 5.74) is 5.12. The molecule has 0 aromatic carbocycles. The molecule has 0 aromatic heterocycles. The molecule has 0 aromatic rings. The maximum atomic E-state index is 11.2. The van der Waals surface area contributed by atoms with Crippen molar-refractivity contribution >= 4 is 11.8 Å². The van der Waals surface area contributed by atoms with Crippen LogP contribution in [0.25, 0.3) is 0 Å². The maximum Gasteiger partial charge on any atom is 0.246 e. The Morgan fingerprint density at radius 3 is 2.36 bits per heavy atom. The van der Waals surface area contributed by atoms with Gasteiger partial charge in [-0.25, -0.2) is 0 Å². The quantitative estimate of drug-likeness (QED) is 0.617. The van der Waals surface area contributed by atoms with Crippen LogP contribution in [-0.4, -0.2) is 31.1 Å². The van der Waals surface area contributed by atoms with E-state index < -0.39 is 11.9 Å². The Kier molecular flexibility index (Phi) is 5.87. The van der Waals surface area contributed by atoms with Crippen molar-refractivity contribution in [3.8, 4) is 0 Å². The third-order valence-corrected chi connectivity index (χ3v) is 1.73. The summed E-state index contributed by atoms with van der Waals surface area (Å²) < 4.78 is 4.89. The highest BCUT2D eigenvalue weighted by molar-refractivity contribution is 5.87. The normalized spacial score (nSPS) is 12.6. The second-order valence-corrected chi connectivity index (χ2v) is 3.33. The number of hydrogen-bond acceptors (Lipinski definition) is 3. The molecule has 5 nitrogen and oxygen atoms in total. The van der Waals surface area contributed by atoms with Crippen molar-refractivity contribution in [1.29, 1.82) is 0 Å². The molecule has 0 rings (SSSR count). The number of ether oxygens (including phenoxy) is 1. The minimum Gasteiger partial charge on any atom is -0.372 e. The number of rotatable bonds is 6. The molecule has 0 saturated heterocycles. The number of primary amides is 1. The van der Waals surface area contributed by atoms with Crippen molar-refractivity contribution in [2.24, 2.45) is 11.7 Å². The van der Waals surface area contributed by atoms with Crippen LogP contribution < -0.4 is 11.1 Å². The predicted molar refractivity (Wildman–Crippen MR) is 52.5 cm³/mol. The molecule has 5 heteroatoms. The van der Waals surface area contributed by atoms with Gasteiger partial charge in [0.15, 0.2) is 0 Å². The number of carbonyl (C=O) groups excluding carboxylic acids is 2. The second-order valence-electron chi connectivity index (χ2n) is 3.33. The average Bonchev–Trinajstić information content (AvgIpc) is 2.09. The summed E-state index contributed by atoms with van der Waals surface area (Å²) in [6.45, 7) is 5.86. The van der Waals surface area contributed by atoms with E-state index in [9.17, 15) is 9.59 Å². The van der Waals surface area contributed by atoms with Crippen LogP contribution in [0.2, 0.25) is 0 Å². The summed E-state index contributed by atoms with van der Waals surface area (Å²) >= 11 is 0. The van der Waals surface area contributed by atoms with Gasteiger partial charge in [-0.3, -0.25) is 9.59 Å². The standard InChI is InChI=1S/C9H18N2O3/c1-4-14-5-7(12)11-8(6(2)3)9(10)13/h6,8H,4-5H2,1-3H3,(H2,10,13)(H,11,12)/t8-/m0/s1. The van der Waals surface area contributed by atoms with Crippen LogP contribution >= 0.6 is 0 Å². The van der Waals surface area contributed by atoms with Gasteiger partial charge in [-0.2, -0.15) is 0 Å². The lowest BCUT2D eigenvalue weighted by Gasteiger charge is -2.18. The van der Waals surface area contributed by atoms with Gasteiger partial charge in [-0.05, 0) is 12.8 Å². The highest BCUT2D eigenvalue weighted by Crippen LogP contribution is 2.00. The zero-order chi connectivity index (χ0) is 11.1. The minimum atomic E-state index is -0.622. The van der Waals surface area contributed by atoms with Gasteiger partial charge in [0.2, 0.25) is 11.8 Å². The largest absolute Gasteiger partial charge is 0.372 e. The Labute approximate surface area is 84.0 Å². The summed E-state index contributed by atoms with van der Waals surface area (Å²) in [6.07, 6.45) is 0. The van der Waals surface area contributed by atoms with Crippen LogP contribution in [0.1, 0.15) is 20.8 Å². The Bertz CT molecular complexity index is 204. The van der Waals surface area contributed by atoms with Crippen molar-refractivity contribution in [3.05, 3.63) is 0 Å². The Morgan fingerprint density at radius 2 is 2.00 bits per heavy atom. The first kappa shape index (κ1) is 12.9. The smallest absolute Gasteiger partial charge is 0.246 e. The summed E-state index contributed by atoms with van der Waals surface area (Å²) in [4.78, 5) is 22.1. The van der Waals surface area contributed by atoms with E-state index >= 15 is 0 Å². The number of carbonyl (C=O) groups is 2. The molecule has 0 bridgehead atoms. The molecule has 3 N–H and O–H groups in total. The number of amides is 2. The molecule has 0 fully saturated rings. The lowest BCUT2D eigenvalue weighted by atomic mass is 10.0. The van der Waals surface area contributed by atoms with Gasteiger partial charge in [0.1, 0.15) is 12.6 Å². The molecule has 0 heterocycles. The van der Waals surface area contributed by atoms with Crippen molar-refractivity contribution in [2.75, 3.05) is 13.2 Å². The molecule has 0 aliphatic carbocycles. The molecule has 2 amide bonds. The van der Waals surface area contributed by atoms with Crippen molar-refractivity contribution < 1.29 is 14.3 Å². The first-order valence-electron chi connectivity index (χ1n) is 4.65. The second kappa shape index (κ2) is 6.37. The maximum absolute atomic E-state index is 11.2. The Hall–Kier alpha value is -1.10. The third-order valence-electron chi connectivity index (χ3n) is 1.73. The molecule has 0 spiro atoms. The van der Waals surface area contributed by atoms with Crippen LogP contribution in [0.3, 0.4) is 0 Å². The van der Waals surface area contributed by atoms with Crippen LogP contribution in [-0.2, 0) is 14.3 Å². The molecular formula is C9H18N2O3. The third kappa shape index (κ3) is 4.81. The summed E-state index contributed by atoms with van der Waals surface area (Å²) in [6, 6.07) is -0.622. The van der Waals surface area contributed by atoms with Crippen LogP contribution in [0.15, 0.2) is 0 Å². The van der Waals surface area contributed by atoms with Crippen molar-refractivity contribution in [2.45, 2.75) is 26.8 Å². The molecule has 14 heavy (non-hydrogen) atoms. The summed E-state index contributed by atoms with van der Waals surface area (Å²) in [7, 11) is 0. The molecule has 82 valence electrons. The molecule has 0 aliphatic heterocycles. The zero-order valence-corrected chi connectivity index (χ0v) is 8.87. The topological polar surface area (TPSA) is 81.4 Å². The zero-order valence-electron chi connectivity index (χ0n) is 8.87. The SMILES string of the molecule is CCOCC(=O)N[C@H](C(N)=O)C(C)C. The highest BCUT2D eigenvalue weighted by atomic mass is 16.5. The fourth-order valence-electron chi connectivity index (χ4n) is 0.976. The van der Waals surface area contributed by atoms with E-state index in [0.717, 1.165) is 0 Å². The van der Waals surface area contributed by atoms with Gasteiger partial charge < -0.3 is 15.8 Å². The van der Waals surface area contributed by atoms with Crippen LogP contribution in [0.4, 0.5) is 0 Å². The molecule has 0 radical (unpaired) electrons. The first-order valence-corrected chi connectivity index (χ1v) is 4.65. The van der Waals surface area contributed by atoms with E-state index in [-0.39, 0.29) is 18.4 Å². The summed E-state index contributed by atoms with van der Waals surface area (Å²) in [5.74, 6) is -0.854. The van der Waals surface area contributed by atoms with E-state index in [1.807, 2.05) is 13.8 Å². The highest BCUT2D eigenvalue weighted by Gasteiger charge is 2.21. The number of hydrogen-bond donors (Lipinski definition) is 2. The average molecular weight is 202 g/mol. The van der Waals surface area contributed by atoms with E-state index in [2.05, 4.69) is 5.32 Å². The van der Waals surface area contributed by atoms with E-state index in [4.69, 9.17) is 10.5 Å². The molecule has 1 atom stereocenters. The Balaban J connectivity index is 4.04. The Morgan fingerprint density at radius 1 is 1.43 bits per heavy atom. The van der Waals surface area contributed by atoms with Gasteiger partial charge in [0.25, 0.3) is 0 Å². The van der Waals surface area contributed by atoms with Crippen molar-refractivity contribution in [3.63, 3.8) is 0 Å². The molecule has 0 aliphatic rings. The predicted octanol–water partition coefficient (Wildman–Crippen LogP) is -0.351. The van der Waals surface area contributed by atoms with Crippen LogP contribution in [0.5, 0.6) is 0 Å². The van der Waals surface area contributed by atoms with Crippen LogP contribution in [0, 0.1) is 5.92 Å². The van der Waals surface area contributed by atoms with Gasteiger partial charge in [-0.15, -0.1) is 0 Å². The summed E-state index contributed by atoms with van der Waals surface area (Å²) in [5, 5.41) is 2.51. The molecule has 0 saturated carbocycles. The number of nitrogens with two attached hydrogens (primary N) is 1. The van der Waals surface area contributed by atoms with Gasteiger partial charge >= 0.3 is 0 Å². The van der Waals surface area contributed by atoms with E-state index in [0.29, 0.717) is 6.61 Å². The fourth-order valence-corrected chi connectivity index (χ4v) is 0.976. The van der Waals surface area contributed by atoms with Crippen molar-refractivity contribution in [1.82, 2.24) is 5.32 Å². The van der Waals surface area contributed by atoms with E-state index in [1.54, 1.807) is 6.92 Å².